The highest BCUT2D eigenvalue weighted by Crippen LogP contribution is 2.37. The Morgan fingerprint density at radius 3 is 1.75 bits per heavy atom. The fourth-order valence-electron chi connectivity index (χ4n) is 5.06. The van der Waals surface area contributed by atoms with Gasteiger partial charge in [0.2, 0.25) is 0 Å². The van der Waals surface area contributed by atoms with Crippen LogP contribution in [0.4, 0.5) is 0 Å². The second kappa shape index (κ2) is 10.1. The van der Waals surface area contributed by atoms with E-state index in [1.807, 2.05) is 0 Å². The van der Waals surface area contributed by atoms with Crippen molar-refractivity contribution in [3.8, 4) is 11.8 Å². The van der Waals surface area contributed by atoms with Gasteiger partial charge in [0.05, 0.1) is 6.61 Å². The summed E-state index contributed by atoms with van der Waals surface area (Å²) in [6.45, 7) is 14.2. The standard InChI is InChI=1S/C28H40O2Si2/c1-27(2,3)32(25-17-10-7-11-18-25,26-19-12-8-13-20-26)29-24-16-23-28(30-31(4,5)6)21-14-9-15-22-28/h7-8,10-13,17-20H,9,14-15,21-22,24H2,1-6H3. The van der Waals surface area contributed by atoms with Crippen molar-refractivity contribution < 1.29 is 8.85 Å². The minimum atomic E-state index is -2.54. The molecule has 0 amide bonds. The van der Waals surface area contributed by atoms with E-state index in [2.05, 4.69) is 113 Å². The van der Waals surface area contributed by atoms with Crippen LogP contribution in [0.5, 0.6) is 0 Å². The van der Waals surface area contributed by atoms with Gasteiger partial charge in [-0.2, -0.15) is 0 Å². The number of benzene rings is 2. The van der Waals surface area contributed by atoms with E-state index in [1.165, 1.54) is 29.6 Å². The van der Waals surface area contributed by atoms with Crippen LogP contribution in [-0.2, 0) is 8.85 Å². The fourth-order valence-corrected chi connectivity index (χ4v) is 10.9. The molecule has 1 aliphatic rings. The molecule has 0 saturated heterocycles. The van der Waals surface area contributed by atoms with Crippen LogP contribution in [0.2, 0.25) is 24.7 Å². The molecule has 0 spiro atoms. The largest absolute Gasteiger partial charge is 0.402 e. The van der Waals surface area contributed by atoms with E-state index in [0.29, 0.717) is 6.61 Å². The minimum Gasteiger partial charge on any atom is -0.402 e. The molecule has 3 rings (SSSR count). The van der Waals surface area contributed by atoms with E-state index in [4.69, 9.17) is 8.85 Å². The average Bonchev–Trinajstić information content (AvgIpc) is 2.74. The van der Waals surface area contributed by atoms with Crippen LogP contribution in [0.3, 0.4) is 0 Å². The van der Waals surface area contributed by atoms with Gasteiger partial charge in [0.1, 0.15) is 5.60 Å². The lowest BCUT2D eigenvalue weighted by Gasteiger charge is -2.42. The molecule has 0 atom stereocenters. The first kappa shape index (κ1) is 25.0. The first-order valence-electron chi connectivity index (χ1n) is 12.0. The molecule has 0 aromatic heterocycles. The summed E-state index contributed by atoms with van der Waals surface area (Å²) in [5, 5.41) is 2.56. The van der Waals surface area contributed by atoms with Crippen molar-refractivity contribution in [2.24, 2.45) is 0 Å². The Labute approximate surface area is 198 Å². The van der Waals surface area contributed by atoms with Gasteiger partial charge in [-0.1, -0.05) is 99.7 Å². The van der Waals surface area contributed by atoms with Crippen molar-refractivity contribution in [3.63, 3.8) is 0 Å². The summed E-state index contributed by atoms with van der Waals surface area (Å²) in [4.78, 5) is 0. The smallest absolute Gasteiger partial charge is 0.262 e. The summed E-state index contributed by atoms with van der Waals surface area (Å²) in [5.41, 5.74) is -0.280. The van der Waals surface area contributed by atoms with Crippen LogP contribution in [0.1, 0.15) is 52.9 Å². The monoisotopic (exact) mass is 464 g/mol. The van der Waals surface area contributed by atoms with Gasteiger partial charge in [-0.15, -0.1) is 0 Å². The van der Waals surface area contributed by atoms with Gasteiger partial charge in [-0.05, 0) is 60.7 Å². The molecule has 0 N–H and O–H groups in total. The lowest BCUT2D eigenvalue weighted by Crippen LogP contribution is -2.66. The molecule has 2 nitrogen and oxygen atoms in total. The van der Waals surface area contributed by atoms with E-state index in [9.17, 15) is 0 Å². The SMILES string of the molecule is CC(C)(C)[Si](OCC#CC1(O[Si](C)(C)C)CCCCC1)(c1ccccc1)c1ccccc1. The highest BCUT2D eigenvalue weighted by molar-refractivity contribution is 6.99. The summed E-state index contributed by atoms with van der Waals surface area (Å²) in [7, 11) is -4.23. The Morgan fingerprint density at radius 1 is 0.812 bits per heavy atom. The molecule has 172 valence electrons. The van der Waals surface area contributed by atoms with Crippen LogP contribution in [0.15, 0.2) is 60.7 Å². The third-order valence-corrected chi connectivity index (χ3v) is 12.2. The van der Waals surface area contributed by atoms with Gasteiger partial charge in [0.25, 0.3) is 8.32 Å². The van der Waals surface area contributed by atoms with Crippen molar-refractivity contribution in [1.82, 2.24) is 0 Å². The Kier molecular flexibility index (Phi) is 7.88. The van der Waals surface area contributed by atoms with Gasteiger partial charge in [-0.25, -0.2) is 0 Å². The van der Waals surface area contributed by atoms with Gasteiger partial charge in [-0.3, -0.25) is 0 Å². The first-order chi connectivity index (χ1) is 15.1. The van der Waals surface area contributed by atoms with E-state index in [1.54, 1.807) is 0 Å². The summed E-state index contributed by atoms with van der Waals surface area (Å²) >= 11 is 0. The van der Waals surface area contributed by atoms with Crippen LogP contribution >= 0.6 is 0 Å². The van der Waals surface area contributed by atoms with E-state index in [-0.39, 0.29) is 10.6 Å². The Morgan fingerprint density at radius 2 is 1.31 bits per heavy atom. The van der Waals surface area contributed by atoms with E-state index < -0.39 is 16.6 Å². The van der Waals surface area contributed by atoms with Gasteiger partial charge in [0.15, 0.2) is 8.32 Å². The number of hydrogen-bond acceptors (Lipinski definition) is 2. The highest BCUT2D eigenvalue weighted by atomic mass is 28.4. The predicted molar refractivity (Wildman–Crippen MR) is 142 cm³/mol. The summed E-state index contributed by atoms with van der Waals surface area (Å²) in [6.07, 6.45) is 5.79. The Balaban J connectivity index is 1.95. The zero-order chi connectivity index (χ0) is 23.3. The normalized spacial score (nSPS) is 16.8. The number of rotatable bonds is 6. The molecular formula is C28H40O2Si2. The zero-order valence-corrected chi connectivity index (χ0v) is 22.8. The zero-order valence-electron chi connectivity index (χ0n) is 20.8. The highest BCUT2D eigenvalue weighted by Gasteiger charge is 2.50. The third-order valence-electron chi connectivity index (χ3n) is 6.26. The molecule has 0 heterocycles. The van der Waals surface area contributed by atoms with Crippen LogP contribution < -0.4 is 10.4 Å². The van der Waals surface area contributed by atoms with Crippen LogP contribution in [0, 0.1) is 11.8 Å². The molecule has 1 fully saturated rings. The summed E-state index contributed by atoms with van der Waals surface area (Å²) < 4.78 is 13.6. The van der Waals surface area contributed by atoms with Crippen LogP contribution in [-0.4, -0.2) is 28.8 Å². The molecular weight excluding hydrogens is 424 g/mol. The van der Waals surface area contributed by atoms with Crippen molar-refractivity contribution in [2.75, 3.05) is 6.61 Å². The maximum atomic E-state index is 6.95. The second-order valence-corrected chi connectivity index (χ2v) is 19.8. The molecule has 2 aromatic rings. The van der Waals surface area contributed by atoms with Crippen molar-refractivity contribution in [2.45, 2.75) is 83.2 Å². The maximum absolute atomic E-state index is 6.95. The lowest BCUT2D eigenvalue weighted by molar-refractivity contribution is 0.0793. The Bertz CT molecular complexity index is 870. The lowest BCUT2D eigenvalue weighted by atomic mass is 9.85. The topological polar surface area (TPSA) is 18.5 Å². The molecule has 32 heavy (non-hydrogen) atoms. The maximum Gasteiger partial charge on any atom is 0.262 e. The molecule has 2 aromatic carbocycles. The van der Waals surface area contributed by atoms with Gasteiger partial charge < -0.3 is 8.85 Å². The first-order valence-corrected chi connectivity index (χ1v) is 17.3. The van der Waals surface area contributed by atoms with Crippen LogP contribution in [0.25, 0.3) is 0 Å². The van der Waals surface area contributed by atoms with Crippen molar-refractivity contribution >= 4 is 27.0 Å². The molecule has 1 saturated carbocycles. The van der Waals surface area contributed by atoms with E-state index >= 15 is 0 Å². The third kappa shape index (κ3) is 5.82. The molecule has 0 bridgehead atoms. The second-order valence-electron chi connectivity index (χ2n) is 11.0. The predicted octanol–water partition coefficient (Wildman–Crippen LogP) is 6.12. The molecule has 4 heteroatoms. The fraction of sp³-hybridized carbons (Fsp3) is 0.500. The average molecular weight is 465 g/mol. The minimum absolute atomic E-state index is 0.0330. The van der Waals surface area contributed by atoms with Crippen molar-refractivity contribution in [1.29, 1.82) is 0 Å². The Hall–Kier alpha value is -1.65. The summed E-state index contributed by atoms with van der Waals surface area (Å²) in [6, 6.07) is 21.6. The van der Waals surface area contributed by atoms with Gasteiger partial charge in [0, 0.05) is 0 Å². The molecule has 1 aliphatic carbocycles. The molecule has 0 unspecified atom stereocenters. The molecule has 0 aliphatic heterocycles. The van der Waals surface area contributed by atoms with E-state index in [0.717, 1.165) is 12.8 Å². The molecule has 0 radical (unpaired) electrons. The summed E-state index contributed by atoms with van der Waals surface area (Å²) in [5.74, 6) is 7.02. The van der Waals surface area contributed by atoms with Gasteiger partial charge >= 0.3 is 0 Å². The number of hydrogen-bond donors (Lipinski definition) is 0. The quantitative estimate of drug-likeness (QED) is 0.379. The van der Waals surface area contributed by atoms with Crippen molar-refractivity contribution in [3.05, 3.63) is 60.7 Å².